The van der Waals surface area contributed by atoms with Crippen molar-refractivity contribution in [3.63, 3.8) is 0 Å². The van der Waals surface area contributed by atoms with Crippen molar-refractivity contribution in [2.24, 2.45) is 0 Å². The Balaban J connectivity index is 1.20. The van der Waals surface area contributed by atoms with Gasteiger partial charge in [0, 0.05) is 29.4 Å². The van der Waals surface area contributed by atoms with Crippen LogP contribution < -0.4 is 24.3 Å². The maximum Gasteiger partial charge on any atom is 0.416 e. The van der Waals surface area contributed by atoms with Gasteiger partial charge in [-0.15, -0.1) is 0 Å². The summed E-state index contributed by atoms with van der Waals surface area (Å²) in [5, 5.41) is 12.0. The van der Waals surface area contributed by atoms with Crippen molar-refractivity contribution in [3.8, 4) is 34.1 Å². The van der Waals surface area contributed by atoms with Crippen LogP contribution in [0.15, 0.2) is 109 Å². The normalized spacial score (nSPS) is 10.9. The Morgan fingerprint density at radius 2 is 1.31 bits per heavy atom. The first kappa shape index (κ1) is 39.4. The number of benzene rings is 5. The molecule has 5 rings (SSSR count). The standard InChI is InChI=1S/C41H35F3N2O9/c1-52-32-17-12-29(35(21-32)41(42,43)44)20-37(47)45-30-13-10-27(11-14-30)39(50)46(24-38(48)49)23-25-4-15-31(16-5-25)55-40(51)28-8-6-26(7-9-28)34-19-18-33(53-2)22-36(34)54-3/h4-19,21-22H,20,23-24H2,1-3H3,(H,45,47)(H,48,49). The lowest BCUT2D eigenvalue weighted by Gasteiger charge is -2.21. The first-order valence-corrected chi connectivity index (χ1v) is 16.6. The van der Waals surface area contributed by atoms with E-state index in [4.69, 9.17) is 18.9 Å². The topological polar surface area (TPSA) is 141 Å². The van der Waals surface area contributed by atoms with Gasteiger partial charge in [-0.05, 0) is 89.5 Å². The van der Waals surface area contributed by atoms with Gasteiger partial charge in [0.2, 0.25) is 5.91 Å². The monoisotopic (exact) mass is 756 g/mol. The summed E-state index contributed by atoms with van der Waals surface area (Å²) in [5.74, 6) is -1.73. The lowest BCUT2D eigenvalue weighted by Crippen LogP contribution is -2.35. The van der Waals surface area contributed by atoms with Crippen molar-refractivity contribution in [3.05, 3.63) is 137 Å². The number of carboxylic acids is 1. The number of anilines is 1. The van der Waals surface area contributed by atoms with E-state index in [1.807, 2.05) is 6.07 Å². The molecule has 2 amide bonds. The van der Waals surface area contributed by atoms with Gasteiger partial charge in [0.15, 0.2) is 0 Å². The summed E-state index contributed by atoms with van der Waals surface area (Å²) in [6.07, 6.45) is -5.27. The van der Waals surface area contributed by atoms with Gasteiger partial charge < -0.3 is 34.3 Å². The van der Waals surface area contributed by atoms with E-state index in [1.54, 1.807) is 62.8 Å². The summed E-state index contributed by atoms with van der Waals surface area (Å²) in [4.78, 5) is 51.6. The molecule has 0 aromatic heterocycles. The van der Waals surface area contributed by atoms with Gasteiger partial charge in [0.25, 0.3) is 5.91 Å². The number of ether oxygens (including phenoxy) is 4. The minimum atomic E-state index is -4.70. The van der Waals surface area contributed by atoms with E-state index >= 15 is 0 Å². The number of rotatable bonds is 14. The molecule has 11 nitrogen and oxygen atoms in total. The summed E-state index contributed by atoms with van der Waals surface area (Å²) >= 11 is 0. The van der Waals surface area contributed by atoms with E-state index in [-0.39, 0.29) is 34.9 Å². The number of halogens is 3. The number of methoxy groups -OCH3 is 3. The van der Waals surface area contributed by atoms with Crippen molar-refractivity contribution in [2.45, 2.75) is 19.1 Å². The van der Waals surface area contributed by atoms with Crippen molar-refractivity contribution >= 4 is 29.4 Å². The van der Waals surface area contributed by atoms with E-state index in [0.29, 0.717) is 22.6 Å². The Kier molecular flexibility index (Phi) is 12.4. The van der Waals surface area contributed by atoms with Crippen LogP contribution >= 0.6 is 0 Å². The van der Waals surface area contributed by atoms with E-state index in [0.717, 1.165) is 22.1 Å². The summed E-state index contributed by atoms with van der Waals surface area (Å²) in [5.41, 5.74) is 1.56. The molecule has 0 aliphatic heterocycles. The van der Waals surface area contributed by atoms with Crippen molar-refractivity contribution in [2.75, 3.05) is 33.2 Å². The van der Waals surface area contributed by atoms with Crippen LogP contribution in [0.5, 0.6) is 23.0 Å². The van der Waals surface area contributed by atoms with Gasteiger partial charge in [-0.25, -0.2) is 4.79 Å². The van der Waals surface area contributed by atoms with E-state index < -0.39 is 48.5 Å². The number of amides is 2. The van der Waals surface area contributed by atoms with Crippen LogP contribution in [0.4, 0.5) is 18.9 Å². The molecule has 284 valence electrons. The number of carboxylic acid groups (broad SMARTS) is 1. The van der Waals surface area contributed by atoms with Gasteiger partial charge in [-0.1, -0.05) is 30.3 Å². The third-order valence-electron chi connectivity index (χ3n) is 8.35. The van der Waals surface area contributed by atoms with Gasteiger partial charge in [-0.2, -0.15) is 13.2 Å². The van der Waals surface area contributed by atoms with Gasteiger partial charge >= 0.3 is 18.1 Å². The molecule has 2 N–H and O–H groups in total. The Labute approximate surface area is 313 Å². The van der Waals surface area contributed by atoms with Gasteiger partial charge in [0.1, 0.15) is 29.5 Å². The maximum absolute atomic E-state index is 13.6. The molecule has 0 aliphatic carbocycles. The molecule has 0 saturated heterocycles. The van der Waals surface area contributed by atoms with Crippen LogP contribution in [0.3, 0.4) is 0 Å². The van der Waals surface area contributed by atoms with Crippen LogP contribution in [-0.2, 0) is 28.7 Å². The first-order valence-electron chi connectivity index (χ1n) is 16.6. The first-order chi connectivity index (χ1) is 26.3. The van der Waals surface area contributed by atoms with Crippen LogP contribution in [0.25, 0.3) is 11.1 Å². The Morgan fingerprint density at radius 1 is 0.709 bits per heavy atom. The van der Waals surface area contributed by atoms with Crippen LogP contribution in [0.2, 0.25) is 0 Å². The molecule has 14 heteroatoms. The number of alkyl halides is 3. The molecule has 5 aromatic carbocycles. The largest absolute Gasteiger partial charge is 0.497 e. The number of carbonyl (C=O) groups is 4. The molecule has 0 bridgehead atoms. The number of carbonyl (C=O) groups excluding carboxylic acids is 3. The second kappa shape index (κ2) is 17.3. The molecule has 0 fully saturated rings. The predicted molar refractivity (Wildman–Crippen MR) is 196 cm³/mol. The average molecular weight is 757 g/mol. The van der Waals surface area contributed by atoms with E-state index in [2.05, 4.69) is 5.32 Å². The minimum Gasteiger partial charge on any atom is -0.497 e. The Morgan fingerprint density at radius 3 is 1.91 bits per heavy atom. The summed E-state index contributed by atoms with van der Waals surface area (Å²) in [6.45, 7) is -0.729. The average Bonchev–Trinajstić information content (AvgIpc) is 3.17. The molecule has 0 heterocycles. The van der Waals surface area contributed by atoms with Crippen LogP contribution in [0.1, 0.15) is 37.4 Å². The van der Waals surface area contributed by atoms with Crippen LogP contribution in [-0.4, -0.2) is 61.6 Å². The molecule has 0 radical (unpaired) electrons. The minimum absolute atomic E-state index is 0.00166. The zero-order valence-electron chi connectivity index (χ0n) is 29.8. The molecule has 0 atom stereocenters. The zero-order valence-corrected chi connectivity index (χ0v) is 29.8. The number of nitrogens with one attached hydrogen (secondary N) is 1. The van der Waals surface area contributed by atoms with Crippen molar-refractivity contribution in [1.82, 2.24) is 4.90 Å². The van der Waals surface area contributed by atoms with Crippen molar-refractivity contribution in [1.29, 1.82) is 0 Å². The number of hydrogen-bond donors (Lipinski definition) is 2. The fourth-order valence-corrected chi connectivity index (χ4v) is 5.59. The summed E-state index contributed by atoms with van der Waals surface area (Å²) in [7, 11) is 4.35. The second-order valence-corrected chi connectivity index (χ2v) is 12.1. The fraction of sp³-hybridized carbons (Fsp3) is 0.171. The highest BCUT2D eigenvalue weighted by Gasteiger charge is 2.34. The number of nitrogens with zero attached hydrogens (tertiary/aromatic N) is 1. The summed E-state index contributed by atoms with van der Waals surface area (Å²) in [6, 6.07) is 27.2. The highest BCUT2D eigenvalue weighted by atomic mass is 19.4. The Bertz CT molecular complexity index is 2170. The summed E-state index contributed by atoms with van der Waals surface area (Å²) < 4.78 is 61.8. The maximum atomic E-state index is 13.6. The van der Waals surface area contributed by atoms with Gasteiger partial charge in [-0.3, -0.25) is 14.4 Å². The highest BCUT2D eigenvalue weighted by Crippen LogP contribution is 2.35. The number of esters is 1. The van der Waals surface area contributed by atoms with Crippen LogP contribution in [0, 0.1) is 0 Å². The highest BCUT2D eigenvalue weighted by molar-refractivity contribution is 5.97. The Hall–Kier alpha value is -6.83. The molecule has 5 aromatic rings. The number of hydrogen-bond acceptors (Lipinski definition) is 8. The third kappa shape index (κ3) is 10.2. The predicted octanol–water partition coefficient (Wildman–Crippen LogP) is 7.53. The second-order valence-electron chi connectivity index (χ2n) is 12.1. The molecule has 0 saturated carbocycles. The fourth-order valence-electron chi connectivity index (χ4n) is 5.59. The molecular weight excluding hydrogens is 721 g/mol. The number of aliphatic carboxylic acids is 1. The molecule has 0 unspecified atom stereocenters. The zero-order chi connectivity index (χ0) is 39.7. The lowest BCUT2D eigenvalue weighted by molar-refractivity contribution is -0.139. The molecule has 55 heavy (non-hydrogen) atoms. The lowest BCUT2D eigenvalue weighted by atomic mass is 10.0. The molecular formula is C41H35F3N2O9. The smallest absolute Gasteiger partial charge is 0.416 e. The molecule has 0 aliphatic rings. The quantitative estimate of drug-likeness (QED) is 0.0870. The molecule has 0 spiro atoms. The van der Waals surface area contributed by atoms with Crippen molar-refractivity contribution < 1.29 is 56.4 Å². The SMILES string of the molecule is COc1ccc(-c2ccc(C(=O)Oc3ccc(CN(CC(=O)O)C(=O)c4ccc(NC(=O)Cc5ccc(OC)cc5C(F)(F)F)cc4)cc3)cc2)c(OC)c1. The van der Waals surface area contributed by atoms with Gasteiger partial charge in [0.05, 0.1) is 38.9 Å². The third-order valence-corrected chi connectivity index (χ3v) is 8.35. The van der Waals surface area contributed by atoms with E-state index in [9.17, 15) is 37.5 Å². The van der Waals surface area contributed by atoms with E-state index in [1.165, 1.54) is 55.6 Å².